The molecule has 0 radical (unpaired) electrons. The van der Waals surface area contributed by atoms with Crippen LogP contribution in [0, 0.1) is 17.1 Å². The molecule has 4 heteroatoms. The van der Waals surface area contributed by atoms with Gasteiger partial charge >= 0.3 is 0 Å². The summed E-state index contributed by atoms with van der Waals surface area (Å²) in [5.74, 6) is -0.210. The van der Waals surface area contributed by atoms with Gasteiger partial charge in [0, 0.05) is 13.2 Å². The van der Waals surface area contributed by atoms with Gasteiger partial charge in [0.15, 0.2) is 11.6 Å². The third-order valence-electron chi connectivity index (χ3n) is 2.44. The van der Waals surface area contributed by atoms with E-state index in [2.05, 4.69) is 11.1 Å². The molecule has 0 fully saturated rings. The summed E-state index contributed by atoms with van der Waals surface area (Å²) < 4.78 is 13.6. The number of pyridine rings is 1. The minimum Gasteiger partial charge on any atom is -0.326 e. The van der Waals surface area contributed by atoms with Gasteiger partial charge in [-0.2, -0.15) is 5.26 Å². The van der Waals surface area contributed by atoms with Gasteiger partial charge in [0.1, 0.15) is 6.07 Å². The molecule has 0 saturated carbocycles. The molecule has 1 aromatic heterocycles. The van der Waals surface area contributed by atoms with Crippen LogP contribution in [0.2, 0.25) is 0 Å². The molecule has 0 unspecified atom stereocenters. The highest BCUT2D eigenvalue weighted by Crippen LogP contribution is 2.26. The fourth-order valence-corrected chi connectivity index (χ4v) is 1.60. The monoisotopic (exact) mass is 227 g/mol. The second-order valence-electron chi connectivity index (χ2n) is 3.50. The molecule has 17 heavy (non-hydrogen) atoms. The van der Waals surface area contributed by atoms with E-state index in [9.17, 15) is 4.39 Å². The average molecular weight is 227 g/mol. The number of para-hydroxylation sites is 1. The summed E-state index contributed by atoms with van der Waals surface area (Å²) in [5.41, 5.74) is 1.12. The normalized spacial score (nSPS) is 9.71. The van der Waals surface area contributed by atoms with Crippen molar-refractivity contribution in [1.82, 2.24) is 4.98 Å². The lowest BCUT2D eigenvalue weighted by Gasteiger charge is -2.19. The zero-order valence-electron chi connectivity index (χ0n) is 9.26. The van der Waals surface area contributed by atoms with Gasteiger partial charge < -0.3 is 4.90 Å². The molecule has 0 aliphatic carbocycles. The first-order valence-corrected chi connectivity index (χ1v) is 5.07. The summed E-state index contributed by atoms with van der Waals surface area (Å²) in [4.78, 5) is 5.53. The van der Waals surface area contributed by atoms with E-state index in [0.29, 0.717) is 11.3 Å². The highest BCUT2D eigenvalue weighted by molar-refractivity contribution is 5.66. The van der Waals surface area contributed by atoms with Gasteiger partial charge in [0.25, 0.3) is 0 Å². The zero-order chi connectivity index (χ0) is 12.3. The highest BCUT2D eigenvalue weighted by atomic mass is 19.1. The van der Waals surface area contributed by atoms with Gasteiger partial charge in [-0.25, -0.2) is 9.37 Å². The first-order valence-electron chi connectivity index (χ1n) is 5.07. The molecule has 0 amide bonds. The van der Waals surface area contributed by atoms with E-state index < -0.39 is 5.82 Å². The molecule has 1 heterocycles. The minimum atomic E-state index is -0.414. The largest absolute Gasteiger partial charge is 0.326 e. The fraction of sp³-hybridized carbons (Fsp3) is 0.0769. The predicted molar refractivity (Wildman–Crippen MR) is 63.4 cm³/mol. The third kappa shape index (κ3) is 2.08. The van der Waals surface area contributed by atoms with Crippen LogP contribution in [-0.4, -0.2) is 12.0 Å². The van der Waals surface area contributed by atoms with Gasteiger partial charge in [-0.1, -0.05) is 12.1 Å². The van der Waals surface area contributed by atoms with Gasteiger partial charge in [-0.15, -0.1) is 0 Å². The van der Waals surface area contributed by atoms with Crippen LogP contribution in [-0.2, 0) is 0 Å². The molecule has 0 N–H and O–H groups in total. The van der Waals surface area contributed by atoms with E-state index >= 15 is 0 Å². The second-order valence-corrected chi connectivity index (χ2v) is 3.50. The third-order valence-corrected chi connectivity index (χ3v) is 2.44. The van der Waals surface area contributed by atoms with E-state index in [1.165, 1.54) is 18.3 Å². The fourth-order valence-electron chi connectivity index (χ4n) is 1.60. The molecule has 84 valence electrons. The lowest BCUT2D eigenvalue weighted by Crippen LogP contribution is -2.14. The number of anilines is 2. The average Bonchev–Trinajstić information content (AvgIpc) is 2.38. The van der Waals surface area contributed by atoms with Crippen LogP contribution < -0.4 is 4.90 Å². The molecule has 3 nitrogen and oxygen atoms in total. The van der Waals surface area contributed by atoms with Crippen LogP contribution in [0.25, 0.3) is 0 Å². The van der Waals surface area contributed by atoms with Crippen LogP contribution in [0.5, 0.6) is 0 Å². The van der Waals surface area contributed by atoms with Crippen molar-refractivity contribution < 1.29 is 4.39 Å². The van der Waals surface area contributed by atoms with Gasteiger partial charge in [0.2, 0.25) is 0 Å². The van der Waals surface area contributed by atoms with Crippen LogP contribution in [0.3, 0.4) is 0 Å². The second kappa shape index (κ2) is 4.62. The van der Waals surface area contributed by atoms with Crippen LogP contribution >= 0.6 is 0 Å². The van der Waals surface area contributed by atoms with Crippen molar-refractivity contribution in [3.05, 3.63) is 54.0 Å². The van der Waals surface area contributed by atoms with Gasteiger partial charge in [0.05, 0.1) is 11.3 Å². The van der Waals surface area contributed by atoms with Crippen molar-refractivity contribution in [3.8, 4) is 6.07 Å². The van der Waals surface area contributed by atoms with E-state index in [-0.39, 0.29) is 5.82 Å². The van der Waals surface area contributed by atoms with Crippen molar-refractivity contribution in [2.75, 3.05) is 11.9 Å². The predicted octanol–water partition coefficient (Wildman–Crippen LogP) is 2.86. The van der Waals surface area contributed by atoms with Crippen molar-refractivity contribution in [1.29, 1.82) is 5.26 Å². The van der Waals surface area contributed by atoms with Gasteiger partial charge in [-0.05, 0) is 24.3 Å². The molecule has 2 rings (SSSR count). The smallest absolute Gasteiger partial charge is 0.169 e. The SMILES string of the molecule is CN(c1ccccc1C#N)c1ncccc1F. The molecule has 2 aromatic rings. The van der Waals surface area contributed by atoms with Crippen LogP contribution in [0.1, 0.15) is 5.56 Å². The van der Waals surface area contributed by atoms with Crippen LogP contribution in [0.15, 0.2) is 42.6 Å². The molecular weight excluding hydrogens is 217 g/mol. The number of halogens is 1. The Hall–Kier alpha value is -2.41. The Morgan fingerprint density at radius 2 is 2.00 bits per heavy atom. The number of hydrogen-bond acceptors (Lipinski definition) is 3. The summed E-state index contributed by atoms with van der Waals surface area (Å²) in [5, 5.41) is 8.99. The maximum Gasteiger partial charge on any atom is 0.169 e. The summed E-state index contributed by atoms with van der Waals surface area (Å²) >= 11 is 0. The number of benzene rings is 1. The summed E-state index contributed by atoms with van der Waals surface area (Å²) in [6.45, 7) is 0. The minimum absolute atomic E-state index is 0.204. The topological polar surface area (TPSA) is 39.9 Å². The molecule has 0 aliphatic rings. The Bertz CT molecular complexity index is 575. The number of rotatable bonds is 2. The molecular formula is C13H10FN3. The Morgan fingerprint density at radius 1 is 1.24 bits per heavy atom. The summed E-state index contributed by atoms with van der Waals surface area (Å²) in [6, 6.07) is 12.0. The number of nitriles is 1. The lowest BCUT2D eigenvalue weighted by atomic mass is 10.2. The Labute approximate surface area is 98.8 Å². The highest BCUT2D eigenvalue weighted by Gasteiger charge is 2.13. The van der Waals surface area contributed by atoms with E-state index in [1.54, 1.807) is 36.2 Å². The molecule has 0 aliphatic heterocycles. The quantitative estimate of drug-likeness (QED) is 0.792. The summed E-state index contributed by atoms with van der Waals surface area (Å²) in [7, 11) is 1.68. The van der Waals surface area contributed by atoms with Crippen molar-refractivity contribution in [3.63, 3.8) is 0 Å². The van der Waals surface area contributed by atoms with Crippen molar-refractivity contribution in [2.24, 2.45) is 0 Å². The Morgan fingerprint density at radius 3 is 2.71 bits per heavy atom. The first-order chi connectivity index (χ1) is 8.24. The van der Waals surface area contributed by atoms with E-state index in [0.717, 1.165) is 0 Å². The Kier molecular flexibility index (Phi) is 3.01. The van der Waals surface area contributed by atoms with Gasteiger partial charge in [-0.3, -0.25) is 0 Å². The molecule has 0 atom stereocenters. The molecule has 1 aromatic carbocycles. The standard InChI is InChI=1S/C13H10FN3/c1-17(13-11(14)6-4-8-16-13)12-7-3-2-5-10(12)9-15/h2-8H,1H3. The lowest BCUT2D eigenvalue weighted by molar-refractivity contribution is 0.621. The maximum atomic E-state index is 13.6. The summed E-state index contributed by atoms with van der Waals surface area (Å²) in [6.07, 6.45) is 1.52. The zero-order valence-corrected chi connectivity index (χ0v) is 9.26. The van der Waals surface area contributed by atoms with Crippen LogP contribution in [0.4, 0.5) is 15.9 Å². The van der Waals surface area contributed by atoms with E-state index in [1.807, 2.05) is 0 Å². The maximum absolute atomic E-state index is 13.6. The molecule has 0 saturated heterocycles. The Balaban J connectivity index is 2.48. The molecule has 0 bridgehead atoms. The first kappa shape index (κ1) is 11.1. The molecule has 0 spiro atoms. The van der Waals surface area contributed by atoms with E-state index in [4.69, 9.17) is 5.26 Å². The van der Waals surface area contributed by atoms with Crippen molar-refractivity contribution >= 4 is 11.5 Å². The van der Waals surface area contributed by atoms with Crippen molar-refractivity contribution in [2.45, 2.75) is 0 Å². The number of nitrogens with zero attached hydrogens (tertiary/aromatic N) is 3. The number of aromatic nitrogens is 1. The number of hydrogen-bond donors (Lipinski definition) is 0.